The largest absolute Gasteiger partial charge is 0.487 e. The second-order valence-electron chi connectivity index (χ2n) is 9.13. The lowest BCUT2D eigenvalue weighted by Gasteiger charge is -2.30. The zero-order valence-electron chi connectivity index (χ0n) is 23.1. The molecule has 3 aromatic rings. The maximum absolute atomic E-state index is 12.8. The van der Waals surface area contributed by atoms with Crippen molar-refractivity contribution in [2.75, 3.05) is 13.2 Å². The minimum Gasteiger partial charge on any atom is -0.487 e. The predicted octanol–water partition coefficient (Wildman–Crippen LogP) is 6.22. The maximum Gasteiger partial charge on any atom is 0.338 e. The Bertz CT molecular complexity index is 1600. The van der Waals surface area contributed by atoms with Crippen LogP contribution in [0, 0.1) is 0 Å². The Balaban J connectivity index is 1.44. The summed E-state index contributed by atoms with van der Waals surface area (Å²) in [5.41, 5.74) is 5.40. The molecule has 4 rings (SSSR count). The van der Waals surface area contributed by atoms with E-state index in [1.165, 1.54) is 6.21 Å². The summed E-state index contributed by atoms with van der Waals surface area (Å²) in [5, 5.41) is 11.5. The Labute approximate surface area is 272 Å². The van der Waals surface area contributed by atoms with Gasteiger partial charge in [-0.3, -0.25) is 4.79 Å². The number of hydrazone groups is 1. The number of thiocarbonyl (C=S) groups is 1. The number of nitrogens with one attached hydrogen (secondary N) is 3. The highest BCUT2D eigenvalue weighted by Crippen LogP contribution is 2.34. The molecule has 3 aromatic carbocycles. The number of hydrogen-bond acceptors (Lipinski definition) is 7. The number of hydrogen-bond donors (Lipinski definition) is 3. The summed E-state index contributed by atoms with van der Waals surface area (Å²) in [5.74, 6) is -0.132. The molecule has 0 saturated heterocycles. The molecule has 43 heavy (non-hydrogen) atoms. The van der Waals surface area contributed by atoms with Crippen molar-refractivity contribution in [3.8, 4) is 11.5 Å². The van der Waals surface area contributed by atoms with Crippen molar-refractivity contribution in [1.29, 1.82) is 0 Å². The number of allylic oxidation sites excluding steroid dienone is 1. The van der Waals surface area contributed by atoms with Crippen LogP contribution in [-0.4, -0.2) is 36.4 Å². The Morgan fingerprint density at radius 3 is 2.65 bits per heavy atom. The van der Waals surface area contributed by atoms with E-state index in [-0.39, 0.29) is 19.8 Å². The van der Waals surface area contributed by atoms with Crippen LogP contribution in [0.4, 0.5) is 0 Å². The lowest BCUT2D eigenvalue weighted by molar-refractivity contribution is -0.139. The molecule has 1 aliphatic rings. The van der Waals surface area contributed by atoms with Gasteiger partial charge in [0, 0.05) is 26.9 Å². The smallest absolute Gasteiger partial charge is 0.338 e. The molecule has 0 fully saturated rings. The van der Waals surface area contributed by atoms with Crippen molar-refractivity contribution in [2.24, 2.45) is 5.10 Å². The van der Waals surface area contributed by atoms with Crippen molar-refractivity contribution < 1.29 is 23.8 Å². The van der Waals surface area contributed by atoms with Gasteiger partial charge in [-0.05, 0) is 77.9 Å². The Morgan fingerprint density at radius 1 is 1.09 bits per heavy atom. The lowest BCUT2D eigenvalue weighted by atomic mass is 9.95. The van der Waals surface area contributed by atoms with Gasteiger partial charge in [0.05, 0.1) is 28.9 Å². The third kappa shape index (κ3) is 8.70. The molecule has 9 nitrogen and oxygen atoms in total. The fourth-order valence-electron chi connectivity index (χ4n) is 4.22. The van der Waals surface area contributed by atoms with Crippen molar-refractivity contribution in [1.82, 2.24) is 16.1 Å². The third-order valence-corrected chi connectivity index (χ3v) is 7.32. The molecule has 0 bridgehead atoms. The van der Waals surface area contributed by atoms with Crippen LogP contribution in [0.2, 0.25) is 10.0 Å². The Hall–Kier alpha value is -3.64. The molecule has 13 heteroatoms. The van der Waals surface area contributed by atoms with Gasteiger partial charge in [-0.15, -0.1) is 0 Å². The van der Waals surface area contributed by atoms with E-state index in [4.69, 9.17) is 49.6 Å². The zero-order chi connectivity index (χ0) is 30.9. The fraction of sp³-hybridized carbons (Fsp3) is 0.200. The van der Waals surface area contributed by atoms with Gasteiger partial charge in [0.15, 0.2) is 11.7 Å². The summed E-state index contributed by atoms with van der Waals surface area (Å²) in [6, 6.07) is 17.1. The molecular formula is C30H27BrCl2N4O5S. The quantitative estimate of drug-likeness (QED) is 0.0934. The number of amides is 1. The van der Waals surface area contributed by atoms with Crippen molar-refractivity contribution in [3.63, 3.8) is 0 Å². The molecule has 0 saturated carbocycles. The number of halogens is 3. The Morgan fingerprint density at radius 2 is 1.88 bits per heavy atom. The average molecular weight is 706 g/mol. The van der Waals surface area contributed by atoms with Gasteiger partial charge in [0.1, 0.15) is 18.1 Å². The Kier molecular flexibility index (Phi) is 11.4. The molecular weight excluding hydrogens is 679 g/mol. The van der Waals surface area contributed by atoms with Crippen LogP contribution in [0.5, 0.6) is 11.5 Å². The van der Waals surface area contributed by atoms with Crippen LogP contribution >= 0.6 is 51.3 Å². The minimum atomic E-state index is -0.642. The van der Waals surface area contributed by atoms with E-state index >= 15 is 0 Å². The number of nitrogens with zero attached hydrogens (tertiary/aromatic N) is 1. The molecule has 1 atom stereocenters. The summed E-state index contributed by atoms with van der Waals surface area (Å²) in [6.07, 6.45) is 1.43. The number of carbonyl (C=O) groups is 2. The van der Waals surface area contributed by atoms with E-state index in [1.807, 2.05) is 18.2 Å². The van der Waals surface area contributed by atoms with Crippen LogP contribution in [-0.2, 0) is 20.9 Å². The van der Waals surface area contributed by atoms with Crippen LogP contribution in [0.1, 0.15) is 36.6 Å². The number of rotatable bonds is 11. The maximum atomic E-state index is 12.8. The molecule has 0 radical (unpaired) electrons. The average Bonchev–Trinajstić information content (AvgIpc) is 2.95. The number of ether oxygens (including phenoxy) is 3. The normalized spacial score (nSPS) is 14.6. The molecule has 224 valence electrons. The highest BCUT2D eigenvalue weighted by molar-refractivity contribution is 9.10. The number of esters is 1. The van der Waals surface area contributed by atoms with E-state index in [0.717, 1.165) is 5.56 Å². The number of benzene rings is 3. The van der Waals surface area contributed by atoms with Gasteiger partial charge in [-0.1, -0.05) is 53.5 Å². The van der Waals surface area contributed by atoms with Gasteiger partial charge < -0.3 is 24.8 Å². The summed E-state index contributed by atoms with van der Waals surface area (Å²) in [4.78, 5) is 25.4. The standard InChI is InChI=1S/C30H27BrCl2N4O5S/c1-3-40-29(39)26-17(2)35-30(43)36-27(26)22-9-4-5-10-24(22)41-16-25(38)37-34-14-19-12-21(33)13-23(31)28(19)42-15-18-7-6-8-20(32)11-18/h4-14,27H,3,15-16H2,1-2H3,(H,37,38)(H2,35,36,43)/t27-/m1/s1. The molecule has 1 heterocycles. The first-order valence-electron chi connectivity index (χ1n) is 13.0. The van der Waals surface area contributed by atoms with E-state index in [1.54, 1.807) is 56.3 Å². The van der Waals surface area contributed by atoms with Crippen molar-refractivity contribution in [3.05, 3.63) is 103 Å². The molecule has 0 spiro atoms. The SMILES string of the molecule is CCOC(=O)C1=C(C)NC(=S)N[C@@H]1c1ccccc1OCC(=O)NN=Cc1cc(Cl)cc(Br)c1OCc1cccc(Cl)c1. The molecule has 3 N–H and O–H groups in total. The molecule has 0 unspecified atom stereocenters. The van der Waals surface area contributed by atoms with Crippen LogP contribution in [0.3, 0.4) is 0 Å². The van der Waals surface area contributed by atoms with E-state index < -0.39 is 17.9 Å². The van der Waals surface area contributed by atoms with Gasteiger partial charge in [-0.2, -0.15) is 5.10 Å². The van der Waals surface area contributed by atoms with Crippen LogP contribution in [0.15, 0.2) is 81.5 Å². The topological polar surface area (TPSA) is 110 Å². The van der Waals surface area contributed by atoms with Crippen LogP contribution < -0.4 is 25.5 Å². The van der Waals surface area contributed by atoms with Gasteiger partial charge in [0.25, 0.3) is 5.91 Å². The first-order chi connectivity index (χ1) is 20.7. The fourth-order valence-corrected chi connectivity index (χ4v) is 5.65. The molecule has 0 aliphatic carbocycles. The number of para-hydroxylation sites is 1. The lowest BCUT2D eigenvalue weighted by Crippen LogP contribution is -2.45. The minimum absolute atomic E-state index is 0.216. The highest BCUT2D eigenvalue weighted by atomic mass is 79.9. The van der Waals surface area contributed by atoms with Gasteiger partial charge in [0.2, 0.25) is 0 Å². The highest BCUT2D eigenvalue weighted by Gasteiger charge is 2.32. The van der Waals surface area contributed by atoms with Gasteiger partial charge >= 0.3 is 5.97 Å². The first-order valence-corrected chi connectivity index (χ1v) is 15.0. The van der Waals surface area contributed by atoms with Crippen molar-refractivity contribution in [2.45, 2.75) is 26.5 Å². The first kappa shape index (κ1) is 32.3. The molecule has 1 aliphatic heterocycles. The predicted molar refractivity (Wildman–Crippen MR) is 174 cm³/mol. The van der Waals surface area contributed by atoms with Crippen LogP contribution in [0.25, 0.3) is 0 Å². The summed E-state index contributed by atoms with van der Waals surface area (Å²) >= 11 is 21.1. The van der Waals surface area contributed by atoms with E-state index in [2.05, 4.69) is 37.1 Å². The monoisotopic (exact) mass is 704 g/mol. The zero-order valence-corrected chi connectivity index (χ0v) is 27.0. The number of carbonyl (C=O) groups excluding carboxylic acids is 2. The van der Waals surface area contributed by atoms with E-state index in [9.17, 15) is 9.59 Å². The summed E-state index contributed by atoms with van der Waals surface area (Å²) in [7, 11) is 0. The second kappa shape index (κ2) is 15.2. The molecule has 1 amide bonds. The van der Waals surface area contributed by atoms with Crippen molar-refractivity contribution >= 4 is 74.6 Å². The van der Waals surface area contributed by atoms with E-state index in [0.29, 0.717) is 53.5 Å². The summed E-state index contributed by atoms with van der Waals surface area (Å²) in [6.45, 7) is 3.60. The molecule has 0 aromatic heterocycles. The van der Waals surface area contributed by atoms with Gasteiger partial charge in [-0.25, -0.2) is 10.2 Å². The second-order valence-corrected chi connectivity index (χ2v) is 11.3. The summed E-state index contributed by atoms with van der Waals surface area (Å²) < 4.78 is 17.7. The third-order valence-electron chi connectivity index (χ3n) is 6.06.